The molecule has 0 unspecified atom stereocenters. The molecule has 2 rings (SSSR count). The number of carbonyl (C=O) groups is 1. The number of fused-ring (bicyclic) bond motifs is 1. The average molecular weight is 247 g/mol. The van der Waals surface area contributed by atoms with E-state index < -0.39 is 0 Å². The molecule has 0 saturated carbocycles. The Kier molecular flexibility index (Phi) is 3.40. The highest BCUT2D eigenvalue weighted by atomic mass is 32.1. The van der Waals surface area contributed by atoms with Gasteiger partial charge in [0.15, 0.2) is 0 Å². The number of halogens is 1. The van der Waals surface area contributed by atoms with E-state index in [0.717, 1.165) is 15.0 Å². The molecule has 0 aliphatic rings. The van der Waals surface area contributed by atoms with Gasteiger partial charge in [0, 0.05) is 9.58 Å². The lowest BCUT2D eigenvalue weighted by molar-refractivity contribution is -0.115. The van der Waals surface area contributed by atoms with Crippen molar-refractivity contribution in [1.82, 2.24) is 5.32 Å². The molecule has 1 aromatic heterocycles. The maximum Gasteiger partial charge on any atom is 0.296 e. The zero-order chi connectivity index (χ0) is 12.3. The van der Waals surface area contributed by atoms with Crippen molar-refractivity contribution in [3.63, 3.8) is 0 Å². The first-order chi connectivity index (χ1) is 8.19. The monoisotopic (exact) mass is 247 g/mol. The van der Waals surface area contributed by atoms with Crippen molar-refractivity contribution < 1.29 is 9.18 Å². The standard InChI is InChI=1S/C13H10FNOS/c1-2-3-13(16)15-8-11-7-9-6-10(14)4-5-12(9)17-11/h4-7H,8H2,1H3,(H,15,16). The molecule has 0 radical (unpaired) electrons. The fraction of sp³-hybridized carbons (Fsp3) is 0.154. The number of amides is 1. The van der Waals surface area contributed by atoms with Crippen LogP contribution in [0.5, 0.6) is 0 Å². The van der Waals surface area contributed by atoms with E-state index in [9.17, 15) is 9.18 Å². The molecule has 0 spiro atoms. The third-order valence-electron chi connectivity index (χ3n) is 2.19. The van der Waals surface area contributed by atoms with Crippen LogP contribution in [0.3, 0.4) is 0 Å². The van der Waals surface area contributed by atoms with Crippen molar-refractivity contribution in [2.75, 3.05) is 0 Å². The lowest BCUT2D eigenvalue weighted by Crippen LogP contribution is -2.19. The van der Waals surface area contributed by atoms with Crippen LogP contribution in [0, 0.1) is 17.7 Å². The van der Waals surface area contributed by atoms with E-state index in [2.05, 4.69) is 17.2 Å². The van der Waals surface area contributed by atoms with Crippen molar-refractivity contribution in [3.05, 3.63) is 35.0 Å². The van der Waals surface area contributed by atoms with Gasteiger partial charge in [-0.1, -0.05) is 5.92 Å². The van der Waals surface area contributed by atoms with Crippen molar-refractivity contribution in [3.8, 4) is 11.8 Å². The van der Waals surface area contributed by atoms with Gasteiger partial charge in [-0.2, -0.15) is 0 Å². The molecule has 0 fully saturated rings. The lowest BCUT2D eigenvalue weighted by atomic mass is 10.2. The largest absolute Gasteiger partial charge is 0.340 e. The highest BCUT2D eigenvalue weighted by Gasteiger charge is 2.03. The van der Waals surface area contributed by atoms with Gasteiger partial charge in [-0.3, -0.25) is 4.79 Å². The number of carbonyl (C=O) groups excluding carboxylic acids is 1. The predicted octanol–water partition coefficient (Wildman–Crippen LogP) is 2.68. The van der Waals surface area contributed by atoms with Gasteiger partial charge in [-0.25, -0.2) is 4.39 Å². The molecule has 1 aromatic carbocycles. The summed E-state index contributed by atoms with van der Waals surface area (Å²) < 4.78 is 14.0. The van der Waals surface area contributed by atoms with Crippen LogP contribution in [0.15, 0.2) is 24.3 Å². The first kappa shape index (κ1) is 11.6. The fourth-order valence-electron chi connectivity index (χ4n) is 1.48. The van der Waals surface area contributed by atoms with Crippen LogP contribution in [0.1, 0.15) is 11.8 Å². The van der Waals surface area contributed by atoms with Crippen molar-refractivity contribution in [2.45, 2.75) is 13.5 Å². The van der Waals surface area contributed by atoms with Crippen molar-refractivity contribution in [1.29, 1.82) is 0 Å². The van der Waals surface area contributed by atoms with E-state index in [1.165, 1.54) is 23.5 Å². The molecule has 4 heteroatoms. The van der Waals surface area contributed by atoms with Gasteiger partial charge in [-0.15, -0.1) is 11.3 Å². The third kappa shape index (κ3) is 2.83. The molecule has 2 nitrogen and oxygen atoms in total. The minimum Gasteiger partial charge on any atom is -0.340 e. The lowest BCUT2D eigenvalue weighted by Gasteiger charge is -1.95. The van der Waals surface area contributed by atoms with Gasteiger partial charge in [0.05, 0.1) is 6.54 Å². The van der Waals surface area contributed by atoms with Crippen LogP contribution in [0.4, 0.5) is 4.39 Å². The molecule has 17 heavy (non-hydrogen) atoms. The van der Waals surface area contributed by atoms with E-state index in [-0.39, 0.29) is 11.7 Å². The molecule has 0 saturated heterocycles. The summed E-state index contributed by atoms with van der Waals surface area (Å²) in [6, 6.07) is 6.54. The molecule has 1 heterocycles. The van der Waals surface area contributed by atoms with Crippen LogP contribution in [-0.4, -0.2) is 5.91 Å². The summed E-state index contributed by atoms with van der Waals surface area (Å²) in [4.78, 5) is 12.1. The first-order valence-electron chi connectivity index (χ1n) is 5.07. The number of thiophene rings is 1. The van der Waals surface area contributed by atoms with E-state index in [4.69, 9.17) is 0 Å². The molecule has 1 amide bonds. The summed E-state index contributed by atoms with van der Waals surface area (Å²) in [6.45, 7) is 2.04. The third-order valence-corrected chi connectivity index (χ3v) is 3.31. The van der Waals surface area contributed by atoms with E-state index >= 15 is 0 Å². The van der Waals surface area contributed by atoms with Gasteiger partial charge in [0.25, 0.3) is 5.91 Å². The quantitative estimate of drug-likeness (QED) is 0.812. The number of hydrogen-bond donors (Lipinski definition) is 1. The topological polar surface area (TPSA) is 29.1 Å². The zero-order valence-corrected chi connectivity index (χ0v) is 10.0. The Hall–Kier alpha value is -1.86. The number of benzene rings is 1. The number of hydrogen-bond acceptors (Lipinski definition) is 2. The Morgan fingerprint density at radius 2 is 2.29 bits per heavy atom. The molecule has 0 aliphatic heterocycles. The number of nitrogens with one attached hydrogen (secondary N) is 1. The van der Waals surface area contributed by atoms with E-state index in [1.54, 1.807) is 13.0 Å². The average Bonchev–Trinajstić information content (AvgIpc) is 2.68. The molecular formula is C13H10FNOS. The van der Waals surface area contributed by atoms with Crippen molar-refractivity contribution >= 4 is 27.3 Å². The van der Waals surface area contributed by atoms with E-state index in [1.807, 2.05) is 6.07 Å². The Morgan fingerprint density at radius 3 is 3.06 bits per heavy atom. The zero-order valence-electron chi connectivity index (χ0n) is 9.21. The second-order valence-corrected chi connectivity index (χ2v) is 4.62. The number of rotatable bonds is 2. The summed E-state index contributed by atoms with van der Waals surface area (Å²) in [5.41, 5.74) is 0. The van der Waals surface area contributed by atoms with Crippen LogP contribution in [0.2, 0.25) is 0 Å². The molecule has 0 aliphatic carbocycles. The maximum absolute atomic E-state index is 13.0. The van der Waals surface area contributed by atoms with Crippen LogP contribution in [0.25, 0.3) is 10.1 Å². The van der Waals surface area contributed by atoms with Gasteiger partial charge in [0.1, 0.15) is 5.82 Å². The van der Waals surface area contributed by atoms with Gasteiger partial charge >= 0.3 is 0 Å². The fourth-order valence-corrected chi connectivity index (χ4v) is 2.47. The molecule has 2 aromatic rings. The Bertz CT molecular complexity index is 621. The minimum absolute atomic E-state index is 0.247. The van der Waals surface area contributed by atoms with E-state index in [0.29, 0.717) is 6.54 Å². The van der Waals surface area contributed by atoms with Gasteiger partial charge < -0.3 is 5.32 Å². The first-order valence-corrected chi connectivity index (χ1v) is 5.89. The van der Waals surface area contributed by atoms with Crippen LogP contribution < -0.4 is 5.32 Å². The molecule has 0 atom stereocenters. The smallest absolute Gasteiger partial charge is 0.296 e. The highest BCUT2D eigenvalue weighted by Crippen LogP contribution is 2.26. The summed E-state index contributed by atoms with van der Waals surface area (Å²) in [7, 11) is 0. The highest BCUT2D eigenvalue weighted by molar-refractivity contribution is 7.19. The van der Waals surface area contributed by atoms with Crippen molar-refractivity contribution in [2.24, 2.45) is 0 Å². The maximum atomic E-state index is 13.0. The predicted molar refractivity (Wildman–Crippen MR) is 67.1 cm³/mol. The summed E-state index contributed by atoms with van der Waals surface area (Å²) in [6.07, 6.45) is 0. The van der Waals surface area contributed by atoms with Crippen LogP contribution in [-0.2, 0) is 11.3 Å². The molecule has 0 bridgehead atoms. The van der Waals surface area contributed by atoms with Crippen LogP contribution >= 0.6 is 11.3 Å². The second-order valence-electron chi connectivity index (χ2n) is 3.45. The molecular weight excluding hydrogens is 237 g/mol. The Morgan fingerprint density at radius 1 is 1.47 bits per heavy atom. The summed E-state index contributed by atoms with van der Waals surface area (Å²) in [5, 5.41) is 3.54. The minimum atomic E-state index is -0.295. The summed E-state index contributed by atoms with van der Waals surface area (Å²) in [5.74, 6) is 4.39. The Balaban J connectivity index is 2.13. The molecule has 86 valence electrons. The normalized spacial score (nSPS) is 9.76. The van der Waals surface area contributed by atoms with Gasteiger partial charge in [-0.05, 0) is 42.5 Å². The SMILES string of the molecule is CC#CC(=O)NCc1cc2cc(F)ccc2s1. The molecule has 1 N–H and O–H groups in total. The van der Waals surface area contributed by atoms with Gasteiger partial charge in [0.2, 0.25) is 0 Å². The Labute approximate surface area is 102 Å². The summed E-state index contributed by atoms with van der Waals surface area (Å²) >= 11 is 1.54. The second kappa shape index (κ2) is 4.98.